The predicted octanol–water partition coefficient (Wildman–Crippen LogP) is 3.75. The Morgan fingerprint density at radius 1 is 0.850 bits per heavy atom. The number of phenolic OH excluding ortho intramolecular Hbond substituents is 2. The summed E-state index contributed by atoms with van der Waals surface area (Å²) in [4.78, 5) is 52.6. The number of carboxylic acid groups (broad SMARTS) is 1. The number of phenols is 2. The molecule has 0 fully saturated rings. The van der Waals surface area contributed by atoms with Crippen LogP contribution in [0.15, 0.2) is 24.3 Å². The number of hydrogen-bond acceptors (Lipinski definition) is 9. The summed E-state index contributed by atoms with van der Waals surface area (Å²) in [5.41, 5.74) is 2.65. The molecule has 0 aliphatic carbocycles. The number of carboxylic acids is 1. The highest BCUT2D eigenvalue weighted by atomic mass is 35.5. The number of carbonyl (C=O) groups excluding carboxylic acids is 3. The normalized spacial score (nSPS) is 10.2. The van der Waals surface area contributed by atoms with E-state index in [4.69, 9.17) is 9.84 Å². The van der Waals surface area contributed by atoms with Crippen molar-refractivity contribution in [1.29, 1.82) is 0 Å². The summed E-state index contributed by atoms with van der Waals surface area (Å²) in [6, 6.07) is 6.09. The largest absolute Gasteiger partial charge is 0.507 e. The SMILES string of the molecule is C.CCOC(=O)CCc1nc2ccc(O)c(C=O)c2n1C.Cl.Cn1c(CCC(=O)O)nc2ccc(O)c(C=O)c21. The van der Waals surface area contributed by atoms with Gasteiger partial charge in [-0.15, -0.1) is 12.4 Å². The lowest BCUT2D eigenvalue weighted by Crippen LogP contribution is -2.07. The van der Waals surface area contributed by atoms with Crippen molar-refractivity contribution < 1.29 is 39.2 Å². The second-order valence-electron chi connectivity index (χ2n) is 8.34. The number of aldehydes is 2. The van der Waals surface area contributed by atoms with Gasteiger partial charge in [-0.1, -0.05) is 7.43 Å². The van der Waals surface area contributed by atoms with E-state index in [2.05, 4.69) is 9.97 Å². The Morgan fingerprint density at radius 3 is 1.65 bits per heavy atom. The van der Waals surface area contributed by atoms with Crippen LogP contribution in [-0.4, -0.2) is 65.5 Å². The first-order valence-electron chi connectivity index (χ1n) is 11.7. The molecule has 13 heteroatoms. The average molecular weight is 577 g/mol. The van der Waals surface area contributed by atoms with Crippen LogP contribution in [0.3, 0.4) is 0 Å². The standard InChI is InChI=1S/C14H16N2O4.C12H12N2O4.CH4.ClH/c1-3-20-13(19)7-6-12-15-10-4-5-11(18)9(8-17)14(10)16(12)2;1-14-10(4-5-11(17)18)13-8-2-3-9(16)7(6-15)12(8)14;;/h4-5,8,18H,3,6-7H2,1-2H3;2-3,6,16H,4-5H2,1H3,(H,17,18);1H4;1H. The quantitative estimate of drug-likeness (QED) is 0.196. The Kier molecular flexibility index (Phi) is 12.3. The van der Waals surface area contributed by atoms with E-state index in [1.165, 1.54) is 12.1 Å². The average Bonchev–Trinajstić information content (AvgIpc) is 3.38. The number of aryl methyl sites for hydroxylation is 4. The van der Waals surface area contributed by atoms with Gasteiger partial charge in [0, 0.05) is 26.9 Å². The third-order valence-electron chi connectivity index (χ3n) is 5.95. The number of aliphatic carboxylic acids is 1. The first kappa shape index (κ1) is 33.6. The first-order chi connectivity index (χ1) is 18.1. The van der Waals surface area contributed by atoms with E-state index in [0.29, 0.717) is 59.3 Å². The fourth-order valence-corrected chi connectivity index (χ4v) is 4.09. The van der Waals surface area contributed by atoms with E-state index >= 15 is 0 Å². The number of halogens is 1. The van der Waals surface area contributed by atoms with Crippen molar-refractivity contribution in [1.82, 2.24) is 19.1 Å². The van der Waals surface area contributed by atoms with Crippen LogP contribution in [0.25, 0.3) is 22.1 Å². The second-order valence-corrected chi connectivity index (χ2v) is 8.34. The van der Waals surface area contributed by atoms with Gasteiger partial charge in [-0.25, -0.2) is 9.97 Å². The molecule has 0 aliphatic rings. The van der Waals surface area contributed by atoms with Gasteiger partial charge in [-0.3, -0.25) is 19.2 Å². The minimum Gasteiger partial charge on any atom is -0.507 e. The topological polar surface area (TPSA) is 174 Å². The molecular weight excluding hydrogens is 544 g/mol. The van der Waals surface area contributed by atoms with Crippen molar-refractivity contribution in [2.45, 2.75) is 40.0 Å². The zero-order valence-corrected chi connectivity index (χ0v) is 22.4. The molecule has 0 aliphatic heterocycles. The van der Waals surface area contributed by atoms with Crippen LogP contribution in [0.2, 0.25) is 0 Å². The Labute approximate surface area is 236 Å². The molecule has 216 valence electrons. The summed E-state index contributed by atoms with van der Waals surface area (Å²) in [5.74, 6) is -0.126. The molecule has 12 nitrogen and oxygen atoms in total. The highest BCUT2D eigenvalue weighted by Crippen LogP contribution is 2.27. The number of ether oxygens (including phenoxy) is 1. The van der Waals surface area contributed by atoms with E-state index in [1.54, 1.807) is 42.3 Å². The van der Waals surface area contributed by atoms with Crippen LogP contribution in [0.5, 0.6) is 11.5 Å². The van der Waals surface area contributed by atoms with Gasteiger partial charge in [-0.2, -0.15) is 0 Å². The van der Waals surface area contributed by atoms with Crippen molar-refractivity contribution in [2.75, 3.05) is 6.61 Å². The number of hydrogen-bond donors (Lipinski definition) is 3. The van der Waals surface area contributed by atoms with Crippen LogP contribution in [0.1, 0.15) is 59.6 Å². The first-order valence-corrected chi connectivity index (χ1v) is 11.7. The third kappa shape index (κ3) is 7.14. The highest BCUT2D eigenvalue weighted by molar-refractivity contribution is 5.98. The Hall–Kier alpha value is -4.45. The molecule has 0 amide bonds. The lowest BCUT2D eigenvalue weighted by Gasteiger charge is -2.04. The number of carbonyl (C=O) groups is 4. The molecule has 4 rings (SSSR count). The summed E-state index contributed by atoms with van der Waals surface area (Å²) < 4.78 is 8.23. The molecule has 3 N–H and O–H groups in total. The Bertz CT molecular complexity index is 1530. The van der Waals surface area contributed by atoms with E-state index < -0.39 is 5.97 Å². The number of imidazole rings is 2. The zero-order chi connectivity index (χ0) is 28.0. The molecule has 0 unspecified atom stereocenters. The lowest BCUT2D eigenvalue weighted by atomic mass is 10.2. The fourth-order valence-electron chi connectivity index (χ4n) is 4.09. The molecule has 2 aromatic carbocycles. The van der Waals surface area contributed by atoms with Gasteiger partial charge in [0.2, 0.25) is 0 Å². The second kappa shape index (κ2) is 14.6. The summed E-state index contributed by atoms with van der Waals surface area (Å²) in [6.07, 6.45) is 2.07. The van der Waals surface area contributed by atoms with E-state index in [-0.39, 0.29) is 67.7 Å². The minimum atomic E-state index is -0.902. The minimum absolute atomic E-state index is 0. The highest BCUT2D eigenvalue weighted by Gasteiger charge is 2.16. The van der Waals surface area contributed by atoms with Gasteiger partial charge in [0.1, 0.15) is 23.1 Å². The van der Waals surface area contributed by atoms with Gasteiger partial charge in [0.25, 0.3) is 0 Å². The molecular formula is C27H33ClN4O8. The van der Waals surface area contributed by atoms with Gasteiger partial charge in [-0.05, 0) is 31.2 Å². The predicted molar refractivity (Wildman–Crippen MR) is 150 cm³/mol. The summed E-state index contributed by atoms with van der Waals surface area (Å²) in [7, 11) is 3.45. The van der Waals surface area contributed by atoms with Crippen molar-refractivity contribution in [3.05, 3.63) is 47.0 Å². The molecule has 0 radical (unpaired) electrons. The van der Waals surface area contributed by atoms with Crippen LogP contribution in [0.4, 0.5) is 0 Å². The lowest BCUT2D eigenvalue weighted by molar-refractivity contribution is -0.143. The number of esters is 1. The van der Waals surface area contributed by atoms with Crippen molar-refractivity contribution in [2.24, 2.45) is 14.1 Å². The van der Waals surface area contributed by atoms with E-state index in [9.17, 15) is 29.4 Å². The summed E-state index contributed by atoms with van der Waals surface area (Å²) in [5, 5.41) is 27.9. The summed E-state index contributed by atoms with van der Waals surface area (Å²) >= 11 is 0. The smallest absolute Gasteiger partial charge is 0.306 e. The van der Waals surface area contributed by atoms with Gasteiger partial charge < -0.3 is 29.2 Å². The molecule has 2 heterocycles. The van der Waals surface area contributed by atoms with Crippen LogP contribution >= 0.6 is 12.4 Å². The summed E-state index contributed by atoms with van der Waals surface area (Å²) in [6.45, 7) is 2.11. The van der Waals surface area contributed by atoms with E-state index in [1.807, 2.05) is 0 Å². The molecule has 0 saturated carbocycles. The number of aromatic nitrogens is 4. The van der Waals surface area contributed by atoms with E-state index in [0.717, 1.165) is 0 Å². The molecule has 2 aromatic heterocycles. The number of aromatic hydroxyl groups is 2. The van der Waals surface area contributed by atoms with Crippen molar-refractivity contribution in [3.63, 3.8) is 0 Å². The van der Waals surface area contributed by atoms with Gasteiger partial charge in [0.05, 0.1) is 52.6 Å². The van der Waals surface area contributed by atoms with Gasteiger partial charge in [0.15, 0.2) is 12.6 Å². The van der Waals surface area contributed by atoms with Crippen LogP contribution < -0.4 is 0 Å². The number of benzene rings is 2. The molecule has 0 spiro atoms. The molecule has 0 bridgehead atoms. The maximum Gasteiger partial charge on any atom is 0.306 e. The van der Waals surface area contributed by atoms with Crippen LogP contribution in [0, 0.1) is 0 Å². The number of fused-ring (bicyclic) bond motifs is 2. The zero-order valence-electron chi connectivity index (χ0n) is 21.6. The van der Waals surface area contributed by atoms with Crippen molar-refractivity contribution in [3.8, 4) is 11.5 Å². The number of nitrogens with zero attached hydrogens (tertiary/aromatic N) is 4. The molecule has 40 heavy (non-hydrogen) atoms. The maximum absolute atomic E-state index is 11.4. The maximum atomic E-state index is 11.4. The van der Waals surface area contributed by atoms with Crippen LogP contribution in [-0.2, 0) is 41.3 Å². The monoisotopic (exact) mass is 576 g/mol. The Morgan fingerprint density at radius 2 is 1.27 bits per heavy atom. The molecule has 0 saturated heterocycles. The van der Waals surface area contributed by atoms with Crippen molar-refractivity contribution >= 4 is 59.0 Å². The molecule has 0 atom stereocenters. The fraction of sp³-hybridized carbons (Fsp3) is 0.333. The van der Waals surface area contributed by atoms with Gasteiger partial charge >= 0.3 is 11.9 Å². The molecule has 4 aromatic rings. The third-order valence-corrected chi connectivity index (χ3v) is 5.95. The Balaban J connectivity index is 0.000000383. The number of rotatable bonds is 9.